The minimum Gasteiger partial charge on any atom is -0.464 e. The first-order valence-electron chi connectivity index (χ1n) is 5.57. The van der Waals surface area contributed by atoms with Crippen LogP contribution >= 0.6 is 12.6 Å². The number of rotatable bonds is 9. The van der Waals surface area contributed by atoms with Crippen LogP contribution < -0.4 is 0 Å². The molecule has 5 nitrogen and oxygen atoms in total. The highest BCUT2D eigenvalue weighted by Crippen LogP contribution is 1.88. The zero-order chi connectivity index (χ0) is 13.4. The molecule has 0 rings (SSSR count). The number of nitriles is 1. The highest BCUT2D eigenvalue weighted by molar-refractivity contribution is 7.85. The maximum absolute atomic E-state index is 10.8. The van der Waals surface area contributed by atoms with Gasteiger partial charge in [-0.1, -0.05) is 26.0 Å². The van der Waals surface area contributed by atoms with E-state index in [4.69, 9.17) is 14.7 Å². The smallest absolute Gasteiger partial charge is 0.332 e. The van der Waals surface area contributed by atoms with E-state index in [0.29, 0.717) is 19.8 Å². The van der Waals surface area contributed by atoms with Crippen LogP contribution in [0.3, 0.4) is 0 Å². The van der Waals surface area contributed by atoms with Crippen molar-refractivity contribution in [1.82, 2.24) is 0 Å². The summed E-state index contributed by atoms with van der Waals surface area (Å²) in [7, 11) is 0. The van der Waals surface area contributed by atoms with Crippen LogP contribution in [-0.2, 0) is 19.0 Å². The van der Waals surface area contributed by atoms with Gasteiger partial charge in [-0.15, -0.1) is 0 Å². The van der Waals surface area contributed by atoms with Crippen molar-refractivity contribution in [3.05, 3.63) is 0 Å². The van der Waals surface area contributed by atoms with Crippen LogP contribution in [-0.4, -0.2) is 39.0 Å². The van der Waals surface area contributed by atoms with Gasteiger partial charge in [0.15, 0.2) is 0 Å². The Kier molecular flexibility index (Phi) is 19.3. The molecule has 100 valence electrons. The van der Waals surface area contributed by atoms with Crippen LogP contribution in [0.25, 0.3) is 0 Å². The molecule has 0 saturated carbocycles. The van der Waals surface area contributed by atoms with E-state index in [9.17, 15) is 4.79 Å². The number of nitrogens with zero attached hydrogens (tertiary/aromatic N) is 1. The summed E-state index contributed by atoms with van der Waals surface area (Å²) in [6.45, 7) is 6.05. The third-order valence-corrected chi connectivity index (χ3v) is 1.54. The van der Waals surface area contributed by atoms with Gasteiger partial charge < -0.3 is 14.2 Å². The lowest BCUT2D eigenvalue weighted by atomic mass is 10.4. The molecule has 0 aromatic heterocycles. The molecule has 0 bridgehead atoms. The number of unbranched alkanes of at least 4 members (excludes halogenated alkanes) is 1. The van der Waals surface area contributed by atoms with Crippen molar-refractivity contribution in [3.63, 3.8) is 0 Å². The summed E-state index contributed by atoms with van der Waals surface area (Å²) in [5.74, 6) is -0.318. The van der Waals surface area contributed by atoms with E-state index in [1.165, 1.54) is 5.40 Å². The Bertz CT molecular complexity index is 206. The maximum atomic E-state index is 10.8. The average Bonchev–Trinajstić information content (AvgIpc) is 2.29. The highest BCUT2D eigenvalue weighted by Gasteiger charge is 2.00. The zero-order valence-corrected chi connectivity index (χ0v) is 11.4. The van der Waals surface area contributed by atoms with Gasteiger partial charge in [-0.3, -0.25) is 0 Å². The quantitative estimate of drug-likeness (QED) is 0.297. The molecular weight excluding hydrogens is 242 g/mol. The fraction of sp³-hybridized carbons (Fsp3) is 0.818. The van der Waals surface area contributed by atoms with Crippen molar-refractivity contribution in [2.24, 2.45) is 0 Å². The fourth-order valence-corrected chi connectivity index (χ4v) is 0.824. The third-order valence-electron chi connectivity index (χ3n) is 1.54. The van der Waals surface area contributed by atoms with Crippen LogP contribution in [0.5, 0.6) is 0 Å². The number of ether oxygens (including phenoxy) is 3. The average molecular weight is 263 g/mol. The largest absolute Gasteiger partial charge is 0.464 e. The van der Waals surface area contributed by atoms with Crippen LogP contribution in [0.4, 0.5) is 0 Å². The van der Waals surface area contributed by atoms with Gasteiger partial charge >= 0.3 is 5.97 Å². The van der Waals surface area contributed by atoms with E-state index >= 15 is 0 Å². The van der Waals surface area contributed by atoms with E-state index in [2.05, 4.69) is 24.3 Å². The molecule has 0 N–H and O–H groups in total. The molecular formula is C11H21NO4S. The number of carbonyl (C=O) groups is 1. The molecule has 0 amide bonds. The summed E-state index contributed by atoms with van der Waals surface area (Å²) in [6, 6.07) is 0. The van der Waals surface area contributed by atoms with E-state index in [1.807, 2.05) is 0 Å². The topological polar surface area (TPSA) is 68.6 Å². The molecule has 0 aliphatic rings. The van der Waals surface area contributed by atoms with Crippen molar-refractivity contribution in [2.45, 2.75) is 26.7 Å². The van der Waals surface area contributed by atoms with Gasteiger partial charge in [0.2, 0.25) is 0 Å². The molecule has 0 aromatic carbocycles. The van der Waals surface area contributed by atoms with E-state index in [1.54, 1.807) is 6.92 Å². The minimum absolute atomic E-state index is 0.0188. The van der Waals surface area contributed by atoms with Gasteiger partial charge in [0.25, 0.3) is 0 Å². The molecule has 0 saturated heterocycles. The number of thiol groups is 1. The SMILES string of the molecule is CCCCOCCOCC(=O)OCC.N#CS. The Labute approximate surface area is 108 Å². The minimum atomic E-state index is -0.318. The van der Waals surface area contributed by atoms with E-state index in [-0.39, 0.29) is 12.6 Å². The lowest BCUT2D eigenvalue weighted by molar-refractivity contribution is -0.148. The molecule has 6 heteroatoms. The predicted octanol–water partition coefficient (Wildman–Crippen LogP) is 1.78. The second kappa shape index (κ2) is 17.6. The van der Waals surface area contributed by atoms with Crippen molar-refractivity contribution < 1.29 is 19.0 Å². The van der Waals surface area contributed by atoms with Gasteiger partial charge in [0.1, 0.15) is 12.0 Å². The van der Waals surface area contributed by atoms with Crippen LogP contribution in [0.1, 0.15) is 26.7 Å². The monoisotopic (exact) mass is 263 g/mol. The number of thiocyanates is 1. The summed E-state index contributed by atoms with van der Waals surface area (Å²) < 4.78 is 14.9. The summed E-state index contributed by atoms with van der Waals surface area (Å²) in [6.07, 6.45) is 2.20. The summed E-state index contributed by atoms with van der Waals surface area (Å²) in [5, 5.41) is 8.63. The third kappa shape index (κ3) is 21.1. The summed E-state index contributed by atoms with van der Waals surface area (Å²) in [4.78, 5) is 10.8. The normalized spacial score (nSPS) is 8.82. The van der Waals surface area contributed by atoms with Gasteiger partial charge in [-0.25, -0.2) is 4.79 Å². The molecule has 0 aromatic rings. The molecule has 0 spiro atoms. The number of carbonyl (C=O) groups excluding carboxylic acids is 1. The Morgan fingerprint density at radius 2 is 1.82 bits per heavy atom. The number of hydrogen-bond acceptors (Lipinski definition) is 6. The molecule has 0 unspecified atom stereocenters. The standard InChI is InChI=1S/C10H20O4.CHNS/c1-3-5-6-12-7-8-13-9-10(11)14-4-2;2-1-3/h3-9H2,1-2H3;3H. The van der Waals surface area contributed by atoms with Crippen molar-refractivity contribution in [3.8, 4) is 5.40 Å². The van der Waals surface area contributed by atoms with Crippen molar-refractivity contribution in [1.29, 1.82) is 5.26 Å². The predicted molar refractivity (Wildman–Crippen MR) is 67.8 cm³/mol. The number of hydrogen-bond donors (Lipinski definition) is 1. The molecule has 0 radical (unpaired) electrons. The lowest BCUT2D eigenvalue weighted by Crippen LogP contribution is -2.15. The zero-order valence-electron chi connectivity index (χ0n) is 10.5. The van der Waals surface area contributed by atoms with Crippen LogP contribution in [0.15, 0.2) is 0 Å². The summed E-state index contributed by atoms with van der Waals surface area (Å²) in [5.41, 5.74) is 0. The second-order valence-electron chi connectivity index (χ2n) is 2.92. The molecule has 17 heavy (non-hydrogen) atoms. The molecule has 0 fully saturated rings. The van der Waals surface area contributed by atoms with Crippen molar-refractivity contribution in [2.75, 3.05) is 33.0 Å². The first-order chi connectivity index (χ1) is 8.22. The van der Waals surface area contributed by atoms with Gasteiger partial charge in [0, 0.05) is 6.61 Å². The molecule has 0 aliphatic heterocycles. The summed E-state index contributed by atoms with van der Waals surface area (Å²) >= 11 is 3.09. The van der Waals surface area contributed by atoms with E-state index < -0.39 is 0 Å². The van der Waals surface area contributed by atoms with Gasteiger partial charge in [-0.2, -0.15) is 5.26 Å². The Morgan fingerprint density at radius 3 is 2.35 bits per heavy atom. The fourth-order valence-electron chi connectivity index (χ4n) is 0.824. The first kappa shape index (κ1) is 18.6. The second-order valence-corrected chi connectivity index (χ2v) is 3.12. The molecule has 0 atom stereocenters. The Morgan fingerprint density at radius 1 is 1.24 bits per heavy atom. The van der Waals surface area contributed by atoms with Gasteiger partial charge in [0.05, 0.1) is 19.8 Å². The maximum Gasteiger partial charge on any atom is 0.332 e. The van der Waals surface area contributed by atoms with Crippen LogP contribution in [0, 0.1) is 10.7 Å². The first-order valence-corrected chi connectivity index (χ1v) is 6.01. The highest BCUT2D eigenvalue weighted by atomic mass is 32.1. The Hall–Kier alpha value is -0.770. The lowest BCUT2D eigenvalue weighted by Gasteiger charge is -2.04. The molecule has 0 aliphatic carbocycles. The number of esters is 1. The van der Waals surface area contributed by atoms with Crippen molar-refractivity contribution >= 4 is 18.6 Å². The molecule has 0 heterocycles. The Balaban J connectivity index is 0. The van der Waals surface area contributed by atoms with Gasteiger partial charge in [-0.05, 0) is 13.3 Å². The van der Waals surface area contributed by atoms with E-state index in [0.717, 1.165) is 19.4 Å². The van der Waals surface area contributed by atoms with Crippen LogP contribution in [0.2, 0.25) is 0 Å².